The zero-order valence-electron chi connectivity index (χ0n) is 19.4. The summed E-state index contributed by atoms with van der Waals surface area (Å²) < 4.78 is 22.8. The Bertz CT molecular complexity index is 918. The van der Waals surface area contributed by atoms with Gasteiger partial charge in [-0.05, 0) is 32.1 Å². The number of carbonyl (C=O) groups excluding carboxylic acids is 2. The van der Waals surface area contributed by atoms with Gasteiger partial charge in [0.2, 0.25) is 5.91 Å². The summed E-state index contributed by atoms with van der Waals surface area (Å²) in [5.41, 5.74) is 0.250. The normalized spacial score (nSPS) is 25.4. The maximum absolute atomic E-state index is 12.5. The van der Waals surface area contributed by atoms with E-state index in [0.29, 0.717) is 69.5 Å². The highest BCUT2D eigenvalue weighted by molar-refractivity contribution is 5.92. The second-order valence-corrected chi connectivity index (χ2v) is 9.01. The number of phenolic OH excluding ortho intramolecular Hbond substituents is 1. The minimum absolute atomic E-state index is 0.0164. The number of amides is 1. The highest BCUT2D eigenvalue weighted by atomic mass is 16.6. The van der Waals surface area contributed by atoms with Gasteiger partial charge >= 0.3 is 5.97 Å². The summed E-state index contributed by atoms with van der Waals surface area (Å²) >= 11 is 0. The predicted molar refractivity (Wildman–Crippen MR) is 120 cm³/mol. The largest absolute Gasteiger partial charge is 0.507 e. The number of ether oxygens (including phenoxy) is 4. The topological polar surface area (TPSA) is 97.8 Å². The number of phenols is 1. The van der Waals surface area contributed by atoms with Crippen molar-refractivity contribution in [1.29, 1.82) is 0 Å². The van der Waals surface area contributed by atoms with Gasteiger partial charge in [0.15, 0.2) is 6.10 Å². The fourth-order valence-electron chi connectivity index (χ4n) is 4.65. The van der Waals surface area contributed by atoms with Crippen LogP contribution in [0.25, 0.3) is 6.08 Å². The fraction of sp³-hybridized carbons (Fsp3) is 0.583. The summed E-state index contributed by atoms with van der Waals surface area (Å²) in [5.74, 6) is 0.0112. The van der Waals surface area contributed by atoms with Gasteiger partial charge in [0.1, 0.15) is 17.1 Å². The molecule has 1 aromatic carbocycles. The number of hydrogen-bond donors (Lipinski definition) is 1. The van der Waals surface area contributed by atoms with Crippen molar-refractivity contribution in [1.82, 2.24) is 9.80 Å². The lowest BCUT2D eigenvalue weighted by molar-refractivity contribution is -0.172. The van der Waals surface area contributed by atoms with Crippen LogP contribution in [-0.2, 0) is 23.8 Å². The van der Waals surface area contributed by atoms with E-state index in [0.717, 1.165) is 0 Å². The van der Waals surface area contributed by atoms with E-state index < -0.39 is 23.7 Å². The molecule has 2 unspecified atom stereocenters. The standard InChI is InChI=1S/C24H32N2O7/c1-16(27)32-23-21(26-10-14-31-15-11-26)20-18(33-24(23,2)3)6-4-17(22(20)29)5-7-19(28)25-8-12-30-13-9-25/h4-7,21,23,29H,8-15H2,1-3H3/b7-5+. The monoisotopic (exact) mass is 460 g/mol. The summed E-state index contributed by atoms with van der Waals surface area (Å²) in [5, 5.41) is 11.3. The van der Waals surface area contributed by atoms with Crippen LogP contribution < -0.4 is 4.74 Å². The molecule has 4 rings (SSSR count). The first-order valence-electron chi connectivity index (χ1n) is 11.4. The highest BCUT2D eigenvalue weighted by Gasteiger charge is 2.50. The second-order valence-electron chi connectivity index (χ2n) is 9.01. The third kappa shape index (κ3) is 5.00. The van der Waals surface area contributed by atoms with Crippen LogP contribution in [0.5, 0.6) is 11.5 Å². The van der Waals surface area contributed by atoms with Crippen LogP contribution in [0.15, 0.2) is 18.2 Å². The Morgan fingerprint density at radius 1 is 1.09 bits per heavy atom. The lowest BCUT2D eigenvalue weighted by atomic mass is 9.83. The molecule has 2 saturated heterocycles. The summed E-state index contributed by atoms with van der Waals surface area (Å²) in [6, 6.07) is 3.11. The number of carbonyl (C=O) groups is 2. The molecule has 0 spiro atoms. The molecule has 1 amide bonds. The molecular formula is C24H32N2O7. The van der Waals surface area contributed by atoms with E-state index in [1.807, 2.05) is 13.8 Å². The number of aromatic hydroxyl groups is 1. The third-order valence-electron chi connectivity index (χ3n) is 6.31. The quantitative estimate of drug-likeness (QED) is 0.536. The SMILES string of the molecule is CC(=O)OC1C(N2CCOCC2)c2c(ccc(/C=C/C(=O)N3CCOCC3)c2O)OC1(C)C. The summed E-state index contributed by atoms with van der Waals surface area (Å²) in [4.78, 5) is 28.4. The molecule has 0 bridgehead atoms. The molecule has 3 heterocycles. The fourth-order valence-corrected chi connectivity index (χ4v) is 4.65. The number of rotatable bonds is 4. The Balaban J connectivity index is 1.70. The maximum atomic E-state index is 12.5. The van der Waals surface area contributed by atoms with Crippen LogP contribution in [0.4, 0.5) is 0 Å². The zero-order valence-corrected chi connectivity index (χ0v) is 19.4. The molecule has 3 aliphatic heterocycles. The number of nitrogens with zero attached hydrogens (tertiary/aromatic N) is 2. The van der Waals surface area contributed by atoms with Crippen molar-refractivity contribution in [3.63, 3.8) is 0 Å². The molecule has 2 fully saturated rings. The zero-order chi connectivity index (χ0) is 23.6. The molecular weight excluding hydrogens is 428 g/mol. The number of benzene rings is 1. The Kier molecular flexibility index (Phi) is 6.92. The molecule has 0 saturated carbocycles. The van der Waals surface area contributed by atoms with Crippen molar-refractivity contribution < 1.29 is 33.6 Å². The molecule has 3 aliphatic rings. The first-order chi connectivity index (χ1) is 15.8. The third-order valence-corrected chi connectivity index (χ3v) is 6.31. The Labute approximate surface area is 193 Å². The van der Waals surface area contributed by atoms with Crippen molar-refractivity contribution in [3.8, 4) is 11.5 Å². The number of fused-ring (bicyclic) bond motifs is 1. The summed E-state index contributed by atoms with van der Waals surface area (Å²) in [6.45, 7) is 9.63. The van der Waals surface area contributed by atoms with Gasteiger partial charge in [0.25, 0.3) is 0 Å². The van der Waals surface area contributed by atoms with Crippen LogP contribution in [0.1, 0.15) is 37.9 Å². The van der Waals surface area contributed by atoms with Gasteiger partial charge in [-0.3, -0.25) is 14.5 Å². The molecule has 0 radical (unpaired) electrons. The predicted octanol–water partition coefficient (Wildman–Crippen LogP) is 1.74. The van der Waals surface area contributed by atoms with E-state index in [1.54, 1.807) is 23.1 Å². The average Bonchev–Trinajstić information content (AvgIpc) is 2.80. The van der Waals surface area contributed by atoms with Crippen molar-refractivity contribution in [2.24, 2.45) is 0 Å². The van der Waals surface area contributed by atoms with Crippen LogP contribution in [-0.4, -0.2) is 91.1 Å². The van der Waals surface area contributed by atoms with Gasteiger partial charge in [-0.1, -0.05) is 0 Å². The van der Waals surface area contributed by atoms with Gasteiger partial charge in [-0.15, -0.1) is 0 Å². The van der Waals surface area contributed by atoms with E-state index in [9.17, 15) is 14.7 Å². The minimum atomic E-state index is -0.808. The summed E-state index contributed by atoms with van der Waals surface area (Å²) in [6.07, 6.45) is 2.44. The Morgan fingerprint density at radius 3 is 2.36 bits per heavy atom. The molecule has 1 aromatic rings. The van der Waals surface area contributed by atoms with Gasteiger partial charge in [-0.25, -0.2) is 0 Å². The number of esters is 1. The second kappa shape index (κ2) is 9.70. The highest BCUT2D eigenvalue weighted by Crippen LogP contribution is 2.49. The molecule has 0 aliphatic carbocycles. The van der Waals surface area contributed by atoms with E-state index in [1.165, 1.54) is 13.0 Å². The van der Waals surface area contributed by atoms with Crippen LogP contribution in [0, 0.1) is 0 Å². The first kappa shape index (κ1) is 23.5. The Morgan fingerprint density at radius 2 is 1.73 bits per heavy atom. The van der Waals surface area contributed by atoms with E-state index >= 15 is 0 Å². The first-order valence-corrected chi connectivity index (χ1v) is 11.4. The maximum Gasteiger partial charge on any atom is 0.303 e. The van der Waals surface area contributed by atoms with Crippen LogP contribution in [0.2, 0.25) is 0 Å². The molecule has 9 nitrogen and oxygen atoms in total. The van der Waals surface area contributed by atoms with Crippen molar-refractivity contribution in [2.45, 2.75) is 38.5 Å². The van der Waals surface area contributed by atoms with Crippen LogP contribution in [0.3, 0.4) is 0 Å². The molecule has 2 atom stereocenters. The van der Waals surface area contributed by atoms with Gasteiger partial charge < -0.3 is 29.0 Å². The molecule has 33 heavy (non-hydrogen) atoms. The van der Waals surface area contributed by atoms with Crippen molar-refractivity contribution in [2.75, 3.05) is 52.6 Å². The van der Waals surface area contributed by atoms with Gasteiger partial charge in [-0.2, -0.15) is 0 Å². The van der Waals surface area contributed by atoms with E-state index in [2.05, 4.69) is 4.90 Å². The molecule has 0 aromatic heterocycles. The Hall–Kier alpha value is -2.62. The van der Waals surface area contributed by atoms with Crippen molar-refractivity contribution in [3.05, 3.63) is 29.3 Å². The van der Waals surface area contributed by atoms with Crippen LogP contribution >= 0.6 is 0 Å². The summed E-state index contributed by atoms with van der Waals surface area (Å²) in [7, 11) is 0. The van der Waals surface area contributed by atoms with Gasteiger partial charge in [0.05, 0.1) is 38.0 Å². The average molecular weight is 461 g/mol. The molecule has 1 N–H and O–H groups in total. The minimum Gasteiger partial charge on any atom is -0.507 e. The molecule has 180 valence electrons. The molecule has 9 heteroatoms. The van der Waals surface area contributed by atoms with E-state index in [-0.39, 0.29) is 11.7 Å². The van der Waals surface area contributed by atoms with Gasteiger partial charge in [0, 0.05) is 44.7 Å². The lowest BCUT2D eigenvalue weighted by Gasteiger charge is -2.48. The van der Waals surface area contributed by atoms with E-state index in [4.69, 9.17) is 18.9 Å². The lowest BCUT2D eigenvalue weighted by Crippen LogP contribution is -2.57. The number of hydrogen-bond acceptors (Lipinski definition) is 8. The van der Waals surface area contributed by atoms with Crippen molar-refractivity contribution >= 4 is 18.0 Å². The number of morpholine rings is 2. The smallest absolute Gasteiger partial charge is 0.303 e.